The normalized spacial score (nSPS) is 16.5. The van der Waals surface area contributed by atoms with Crippen LogP contribution in [0, 0.1) is 11.8 Å². The molecule has 0 saturated carbocycles. The number of anilines is 1. The minimum atomic E-state index is -0.885. The minimum Gasteiger partial charge on any atom is -0.365 e. The number of H-pyrrole nitrogens is 2. The monoisotopic (exact) mass is 370 g/mol. The third-order valence-corrected chi connectivity index (χ3v) is 4.30. The first kappa shape index (κ1) is 18.2. The zero-order valence-corrected chi connectivity index (χ0v) is 14.6. The average Bonchev–Trinajstić information content (AvgIpc) is 2.62. The molecule has 1 saturated heterocycles. The lowest BCUT2D eigenvalue weighted by Gasteiger charge is -2.34. The van der Waals surface area contributed by atoms with Gasteiger partial charge >= 0.3 is 11.1 Å². The van der Waals surface area contributed by atoms with Crippen LogP contribution in [0.3, 0.4) is 0 Å². The van der Waals surface area contributed by atoms with Crippen molar-refractivity contribution >= 4 is 28.7 Å². The van der Waals surface area contributed by atoms with Crippen LogP contribution < -0.4 is 27.1 Å². The minimum absolute atomic E-state index is 0.00202. The summed E-state index contributed by atoms with van der Waals surface area (Å²) in [5.41, 5.74) is 3.94. The van der Waals surface area contributed by atoms with E-state index in [9.17, 15) is 19.2 Å². The van der Waals surface area contributed by atoms with Crippen LogP contribution in [0.1, 0.15) is 30.1 Å². The second kappa shape index (κ2) is 7.33. The molecule has 0 spiro atoms. The third-order valence-electron chi connectivity index (χ3n) is 4.30. The van der Waals surface area contributed by atoms with Crippen molar-refractivity contribution < 1.29 is 9.59 Å². The van der Waals surface area contributed by atoms with Crippen LogP contribution in [0.15, 0.2) is 15.8 Å². The number of amides is 2. The number of aromatic nitrogens is 3. The van der Waals surface area contributed by atoms with E-state index in [0.29, 0.717) is 18.9 Å². The van der Waals surface area contributed by atoms with E-state index in [0.717, 1.165) is 12.8 Å². The van der Waals surface area contributed by atoms with Gasteiger partial charge in [-0.05, 0) is 25.7 Å². The number of rotatable bonds is 3. The zero-order valence-electron chi connectivity index (χ0n) is 14.6. The van der Waals surface area contributed by atoms with Gasteiger partial charge in [0.05, 0.1) is 11.1 Å². The SMILES string of the molecule is CC#CC(=O)N[C@H]1CCCN(c2ncc(C(N)=O)c3[nH]c(=O)c(=O)[nH]c23)C1. The first-order valence-electron chi connectivity index (χ1n) is 8.34. The molecule has 3 rings (SSSR count). The molecule has 10 heteroatoms. The third kappa shape index (κ3) is 3.67. The predicted octanol–water partition coefficient (Wildman–Crippen LogP) is -1.18. The Bertz CT molecular complexity index is 1090. The van der Waals surface area contributed by atoms with Gasteiger partial charge in [-0.3, -0.25) is 19.2 Å². The topological polar surface area (TPSA) is 154 Å². The van der Waals surface area contributed by atoms with Crippen molar-refractivity contribution in [3.05, 3.63) is 32.5 Å². The molecule has 10 nitrogen and oxygen atoms in total. The number of fused-ring (bicyclic) bond motifs is 1. The Hall–Kier alpha value is -3.61. The summed E-state index contributed by atoms with van der Waals surface area (Å²) in [6, 6.07) is -0.144. The van der Waals surface area contributed by atoms with Crippen LogP contribution in [0.5, 0.6) is 0 Å². The summed E-state index contributed by atoms with van der Waals surface area (Å²) < 4.78 is 0. The van der Waals surface area contributed by atoms with Gasteiger partial charge in [0.15, 0.2) is 5.82 Å². The largest absolute Gasteiger partial charge is 0.365 e. The van der Waals surface area contributed by atoms with Crippen LogP contribution in [-0.2, 0) is 4.79 Å². The second-order valence-corrected chi connectivity index (χ2v) is 6.15. The summed E-state index contributed by atoms with van der Waals surface area (Å²) >= 11 is 0. The lowest BCUT2D eigenvalue weighted by Crippen LogP contribution is -2.48. The van der Waals surface area contributed by atoms with Crippen molar-refractivity contribution in [3.63, 3.8) is 0 Å². The Morgan fingerprint density at radius 1 is 1.30 bits per heavy atom. The van der Waals surface area contributed by atoms with Gasteiger partial charge in [-0.2, -0.15) is 0 Å². The number of hydrogen-bond donors (Lipinski definition) is 4. The Balaban J connectivity index is 2.02. The van der Waals surface area contributed by atoms with Crippen LogP contribution >= 0.6 is 0 Å². The molecule has 0 unspecified atom stereocenters. The Kier molecular flexibility index (Phi) is 4.94. The maximum Gasteiger partial charge on any atom is 0.314 e. The fourth-order valence-corrected chi connectivity index (χ4v) is 3.14. The highest BCUT2D eigenvalue weighted by Crippen LogP contribution is 2.25. The molecule has 2 amide bonds. The smallest absolute Gasteiger partial charge is 0.314 e. The summed E-state index contributed by atoms with van der Waals surface area (Å²) in [5.74, 6) is 4.25. The molecule has 0 radical (unpaired) electrons. The molecule has 2 aromatic heterocycles. The van der Waals surface area contributed by atoms with Gasteiger partial charge in [0.2, 0.25) is 0 Å². The van der Waals surface area contributed by atoms with E-state index in [1.807, 2.05) is 4.90 Å². The second-order valence-electron chi connectivity index (χ2n) is 6.15. The Morgan fingerprint density at radius 2 is 2.00 bits per heavy atom. The van der Waals surface area contributed by atoms with Crippen LogP contribution in [0.2, 0.25) is 0 Å². The highest BCUT2D eigenvalue weighted by atomic mass is 16.2. The summed E-state index contributed by atoms with van der Waals surface area (Å²) in [5, 5.41) is 2.83. The van der Waals surface area contributed by atoms with Crippen LogP contribution in [0.25, 0.3) is 11.0 Å². The van der Waals surface area contributed by atoms with Crippen molar-refractivity contribution in [1.29, 1.82) is 0 Å². The van der Waals surface area contributed by atoms with E-state index in [4.69, 9.17) is 5.73 Å². The fraction of sp³-hybridized carbons (Fsp3) is 0.353. The Labute approximate surface area is 153 Å². The molecule has 0 aliphatic carbocycles. The summed E-state index contributed by atoms with van der Waals surface area (Å²) in [4.78, 5) is 57.8. The van der Waals surface area contributed by atoms with Crippen molar-refractivity contribution in [2.45, 2.75) is 25.8 Å². The first-order valence-corrected chi connectivity index (χ1v) is 8.34. The van der Waals surface area contributed by atoms with Gasteiger partial charge in [-0.1, -0.05) is 5.92 Å². The zero-order chi connectivity index (χ0) is 19.6. The first-order chi connectivity index (χ1) is 12.9. The Morgan fingerprint density at radius 3 is 2.67 bits per heavy atom. The van der Waals surface area contributed by atoms with Gasteiger partial charge in [0.25, 0.3) is 11.8 Å². The van der Waals surface area contributed by atoms with Crippen molar-refractivity contribution in [2.24, 2.45) is 5.73 Å². The number of carbonyl (C=O) groups excluding carboxylic acids is 2. The number of pyridine rings is 1. The summed E-state index contributed by atoms with van der Waals surface area (Å²) in [6.45, 7) is 2.65. The molecule has 1 aliphatic rings. The highest BCUT2D eigenvalue weighted by molar-refractivity contribution is 6.05. The molecule has 1 aliphatic heterocycles. The fourth-order valence-electron chi connectivity index (χ4n) is 3.14. The summed E-state index contributed by atoms with van der Waals surface area (Å²) in [6.07, 6.45) is 2.82. The molecule has 5 N–H and O–H groups in total. The molecule has 3 heterocycles. The maximum atomic E-state index is 11.8. The highest BCUT2D eigenvalue weighted by Gasteiger charge is 2.25. The number of nitrogens with zero attached hydrogens (tertiary/aromatic N) is 2. The number of nitrogens with two attached hydrogens (primary N) is 1. The molecular formula is C17H18N6O4. The molecule has 2 aromatic rings. The van der Waals surface area contributed by atoms with Crippen molar-refractivity contribution in [1.82, 2.24) is 20.3 Å². The number of piperidine rings is 1. The number of primary amides is 1. The van der Waals surface area contributed by atoms with E-state index in [1.54, 1.807) is 6.92 Å². The standard InChI is InChI=1S/C17H18N6O4/c1-2-4-11(24)20-9-5-3-6-23(8-9)15-13-12(10(7-19-15)14(18)25)21-16(26)17(27)22-13/h7,9H,3,5-6,8H2,1H3,(H2,18,25)(H,20,24)(H,21,26)(H,22,27)/t9-/m0/s1. The van der Waals surface area contributed by atoms with Gasteiger partial charge in [-0.25, -0.2) is 4.98 Å². The van der Waals surface area contributed by atoms with E-state index in [2.05, 4.69) is 32.1 Å². The van der Waals surface area contributed by atoms with E-state index < -0.39 is 17.0 Å². The molecule has 27 heavy (non-hydrogen) atoms. The van der Waals surface area contributed by atoms with E-state index in [-0.39, 0.29) is 28.5 Å². The number of hydrogen-bond acceptors (Lipinski definition) is 6. The average molecular weight is 370 g/mol. The molecular weight excluding hydrogens is 352 g/mol. The number of nitrogens with one attached hydrogen (secondary N) is 3. The maximum absolute atomic E-state index is 11.8. The predicted molar refractivity (Wildman–Crippen MR) is 98.3 cm³/mol. The van der Waals surface area contributed by atoms with Gasteiger partial charge in [0, 0.05) is 25.3 Å². The molecule has 1 fully saturated rings. The van der Waals surface area contributed by atoms with Crippen LogP contribution in [-0.4, -0.2) is 45.9 Å². The number of aromatic amines is 2. The quantitative estimate of drug-likeness (QED) is 0.394. The number of carbonyl (C=O) groups is 2. The molecule has 1 atom stereocenters. The lowest BCUT2D eigenvalue weighted by atomic mass is 10.1. The van der Waals surface area contributed by atoms with Crippen molar-refractivity contribution in [2.75, 3.05) is 18.0 Å². The molecule has 0 bridgehead atoms. The van der Waals surface area contributed by atoms with Crippen LogP contribution in [0.4, 0.5) is 5.82 Å². The van der Waals surface area contributed by atoms with Gasteiger partial charge in [0.1, 0.15) is 5.52 Å². The molecule has 0 aromatic carbocycles. The van der Waals surface area contributed by atoms with E-state index >= 15 is 0 Å². The van der Waals surface area contributed by atoms with E-state index in [1.165, 1.54) is 6.20 Å². The van der Waals surface area contributed by atoms with Gasteiger partial charge in [-0.15, -0.1) is 0 Å². The molecule has 140 valence electrons. The van der Waals surface area contributed by atoms with Crippen molar-refractivity contribution in [3.8, 4) is 11.8 Å². The van der Waals surface area contributed by atoms with Gasteiger partial charge < -0.3 is 25.9 Å². The summed E-state index contributed by atoms with van der Waals surface area (Å²) in [7, 11) is 0. The lowest BCUT2D eigenvalue weighted by molar-refractivity contribution is -0.116.